The first-order chi connectivity index (χ1) is 12.1. The quantitative estimate of drug-likeness (QED) is 0.748. The van der Waals surface area contributed by atoms with Crippen LogP contribution >= 0.6 is 0 Å². The van der Waals surface area contributed by atoms with Gasteiger partial charge in [0.2, 0.25) is 0 Å². The van der Waals surface area contributed by atoms with Crippen LogP contribution in [0.15, 0.2) is 0 Å². The standard InChI is InChI=1S/C19H33NO6/c1-5-24-16(21)14-7-9-15(10-8-14)25-13-19(23)11-6-12-20(19)17(22)26-18(2,3)4/h14-15,23H,5-13H2,1-4H3/t14?,15?,19-/m0/s1. The lowest BCUT2D eigenvalue weighted by Crippen LogP contribution is -2.52. The number of amides is 1. The van der Waals surface area contributed by atoms with Crippen LogP contribution in [-0.4, -0.2) is 59.3 Å². The second kappa shape index (κ2) is 8.57. The van der Waals surface area contributed by atoms with Crippen LogP contribution in [0.1, 0.15) is 66.2 Å². The van der Waals surface area contributed by atoms with Crippen LogP contribution in [0.2, 0.25) is 0 Å². The molecule has 0 radical (unpaired) electrons. The van der Waals surface area contributed by atoms with E-state index in [0.717, 1.165) is 25.7 Å². The van der Waals surface area contributed by atoms with Gasteiger partial charge in [0, 0.05) is 6.54 Å². The molecule has 1 N–H and O–H groups in total. The molecule has 2 fully saturated rings. The molecule has 0 aromatic rings. The van der Waals surface area contributed by atoms with Crippen molar-refractivity contribution in [1.82, 2.24) is 4.90 Å². The minimum absolute atomic E-state index is 0.00853. The fourth-order valence-electron chi connectivity index (χ4n) is 3.57. The van der Waals surface area contributed by atoms with E-state index in [1.54, 1.807) is 20.8 Å². The summed E-state index contributed by atoms with van der Waals surface area (Å²) in [5.74, 6) is -0.181. The van der Waals surface area contributed by atoms with E-state index in [1.807, 2.05) is 6.92 Å². The summed E-state index contributed by atoms with van der Waals surface area (Å²) < 4.78 is 16.4. The van der Waals surface area contributed by atoms with E-state index < -0.39 is 17.4 Å². The Morgan fingerprint density at radius 2 is 1.85 bits per heavy atom. The van der Waals surface area contributed by atoms with Gasteiger partial charge in [-0.2, -0.15) is 0 Å². The number of ether oxygens (including phenoxy) is 3. The number of hydrogen-bond acceptors (Lipinski definition) is 6. The maximum atomic E-state index is 12.3. The molecule has 0 bridgehead atoms. The van der Waals surface area contributed by atoms with Crippen molar-refractivity contribution in [3.63, 3.8) is 0 Å². The van der Waals surface area contributed by atoms with Crippen LogP contribution in [0.25, 0.3) is 0 Å². The SMILES string of the molecule is CCOC(=O)C1CCC(OC[C@@]2(O)CCCN2C(=O)OC(C)(C)C)CC1. The second-order valence-electron chi connectivity index (χ2n) is 8.25. The molecule has 1 atom stereocenters. The van der Waals surface area contributed by atoms with Crippen molar-refractivity contribution in [3.8, 4) is 0 Å². The molecule has 2 aliphatic rings. The molecule has 1 saturated carbocycles. The van der Waals surface area contributed by atoms with Crippen LogP contribution in [-0.2, 0) is 19.0 Å². The van der Waals surface area contributed by atoms with E-state index in [4.69, 9.17) is 14.2 Å². The first-order valence-corrected chi connectivity index (χ1v) is 9.66. The Hall–Kier alpha value is -1.34. The number of carbonyl (C=O) groups excluding carboxylic acids is 2. The van der Waals surface area contributed by atoms with Crippen molar-refractivity contribution in [2.75, 3.05) is 19.8 Å². The summed E-state index contributed by atoms with van der Waals surface area (Å²) in [7, 11) is 0. The fraction of sp³-hybridized carbons (Fsp3) is 0.895. The van der Waals surface area contributed by atoms with E-state index in [2.05, 4.69) is 0 Å². The zero-order valence-electron chi connectivity index (χ0n) is 16.5. The molecule has 150 valence electrons. The monoisotopic (exact) mass is 371 g/mol. The van der Waals surface area contributed by atoms with Gasteiger partial charge in [-0.05, 0) is 66.2 Å². The van der Waals surface area contributed by atoms with Crippen LogP contribution in [0.4, 0.5) is 4.79 Å². The molecule has 7 nitrogen and oxygen atoms in total. The van der Waals surface area contributed by atoms with E-state index >= 15 is 0 Å². The van der Waals surface area contributed by atoms with Crippen molar-refractivity contribution in [1.29, 1.82) is 0 Å². The zero-order valence-corrected chi connectivity index (χ0v) is 16.5. The van der Waals surface area contributed by atoms with Crippen LogP contribution < -0.4 is 0 Å². The molecule has 2 rings (SSSR count). The van der Waals surface area contributed by atoms with Gasteiger partial charge in [-0.1, -0.05) is 0 Å². The van der Waals surface area contributed by atoms with Gasteiger partial charge >= 0.3 is 12.1 Å². The van der Waals surface area contributed by atoms with Crippen molar-refractivity contribution in [2.45, 2.75) is 83.6 Å². The first kappa shape index (κ1) is 21.0. The lowest BCUT2D eigenvalue weighted by Gasteiger charge is -2.36. The number of esters is 1. The average molecular weight is 371 g/mol. The third kappa shape index (κ3) is 5.58. The minimum Gasteiger partial charge on any atom is -0.466 e. The van der Waals surface area contributed by atoms with Crippen molar-refractivity contribution in [2.24, 2.45) is 5.92 Å². The van der Waals surface area contributed by atoms with Gasteiger partial charge in [0.1, 0.15) is 5.60 Å². The maximum Gasteiger partial charge on any atom is 0.412 e. The number of carbonyl (C=O) groups is 2. The fourth-order valence-corrected chi connectivity index (χ4v) is 3.57. The van der Waals surface area contributed by atoms with Crippen LogP contribution in [0.5, 0.6) is 0 Å². The number of hydrogen-bond donors (Lipinski definition) is 1. The normalized spacial score (nSPS) is 29.5. The Kier molecular flexibility index (Phi) is 6.91. The predicted molar refractivity (Wildman–Crippen MR) is 95.5 cm³/mol. The summed E-state index contributed by atoms with van der Waals surface area (Å²) in [6.45, 7) is 8.16. The highest BCUT2D eigenvalue weighted by Gasteiger charge is 2.44. The molecule has 1 amide bonds. The Labute approximate surface area is 156 Å². The number of nitrogens with zero attached hydrogens (tertiary/aromatic N) is 1. The van der Waals surface area contributed by atoms with Gasteiger partial charge in [0.15, 0.2) is 5.72 Å². The molecule has 0 unspecified atom stereocenters. The predicted octanol–water partition coefficient (Wildman–Crippen LogP) is 2.84. The Morgan fingerprint density at radius 1 is 1.19 bits per heavy atom. The molecule has 1 aliphatic carbocycles. The van der Waals surface area contributed by atoms with Gasteiger partial charge in [-0.15, -0.1) is 0 Å². The number of likely N-dealkylation sites (tertiary alicyclic amines) is 1. The number of rotatable bonds is 5. The van der Waals surface area contributed by atoms with Gasteiger partial charge in [-0.3, -0.25) is 9.69 Å². The van der Waals surface area contributed by atoms with Crippen molar-refractivity contribution >= 4 is 12.1 Å². The topological polar surface area (TPSA) is 85.3 Å². The highest BCUT2D eigenvalue weighted by molar-refractivity contribution is 5.72. The third-order valence-electron chi connectivity index (χ3n) is 4.92. The lowest BCUT2D eigenvalue weighted by atomic mass is 9.87. The molecule has 1 heterocycles. The molecule has 0 aromatic heterocycles. The van der Waals surface area contributed by atoms with E-state index in [9.17, 15) is 14.7 Å². The molecule has 26 heavy (non-hydrogen) atoms. The average Bonchev–Trinajstić information content (AvgIpc) is 2.94. The molecule has 0 aromatic carbocycles. The smallest absolute Gasteiger partial charge is 0.412 e. The van der Waals surface area contributed by atoms with Gasteiger partial charge in [0.25, 0.3) is 0 Å². The summed E-state index contributed by atoms with van der Waals surface area (Å²) in [5.41, 5.74) is -1.92. The maximum absolute atomic E-state index is 12.3. The summed E-state index contributed by atoms with van der Waals surface area (Å²) in [5, 5.41) is 10.9. The van der Waals surface area contributed by atoms with Crippen LogP contribution in [0, 0.1) is 5.92 Å². The van der Waals surface area contributed by atoms with Crippen LogP contribution in [0.3, 0.4) is 0 Å². The Balaban J connectivity index is 1.82. The van der Waals surface area contributed by atoms with Gasteiger partial charge < -0.3 is 19.3 Å². The first-order valence-electron chi connectivity index (χ1n) is 9.66. The van der Waals surface area contributed by atoms with Crippen molar-refractivity contribution < 1.29 is 28.9 Å². The third-order valence-corrected chi connectivity index (χ3v) is 4.92. The minimum atomic E-state index is -1.32. The summed E-state index contributed by atoms with van der Waals surface area (Å²) >= 11 is 0. The van der Waals surface area contributed by atoms with Gasteiger partial charge in [0.05, 0.1) is 25.2 Å². The van der Waals surface area contributed by atoms with Gasteiger partial charge in [-0.25, -0.2) is 4.79 Å². The highest BCUT2D eigenvalue weighted by Crippen LogP contribution is 2.32. The van der Waals surface area contributed by atoms with E-state index in [1.165, 1.54) is 4.90 Å². The molecule has 7 heteroatoms. The Morgan fingerprint density at radius 3 is 2.42 bits per heavy atom. The van der Waals surface area contributed by atoms with E-state index in [0.29, 0.717) is 26.0 Å². The molecular formula is C19H33NO6. The number of aliphatic hydroxyl groups is 1. The highest BCUT2D eigenvalue weighted by atomic mass is 16.6. The van der Waals surface area contributed by atoms with Crippen molar-refractivity contribution in [3.05, 3.63) is 0 Å². The lowest BCUT2D eigenvalue weighted by molar-refractivity contribution is -0.155. The summed E-state index contributed by atoms with van der Waals surface area (Å²) in [6.07, 6.45) is 3.66. The summed E-state index contributed by atoms with van der Waals surface area (Å²) in [6, 6.07) is 0. The Bertz CT molecular complexity index is 495. The molecule has 1 aliphatic heterocycles. The second-order valence-corrected chi connectivity index (χ2v) is 8.25. The summed E-state index contributed by atoms with van der Waals surface area (Å²) in [4.78, 5) is 25.5. The largest absolute Gasteiger partial charge is 0.466 e. The molecule has 0 spiro atoms. The molecule has 1 saturated heterocycles. The van der Waals surface area contributed by atoms with E-state index in [-0.39, 0.29) is 24.6 Å². The molecular weight excluding hydrogens is 338 g/mol. The zero-order chi connectivity index (χ0) is 19.4.